The molecule has 60 heavy (non-hydrogen) atoms. The number of hydrogen-bond acceptors (Lipinski definition) is 19. The summed E-state index contributed by atoms with van der Waals surface area (Å²) in [5.74, 6) is -3.46. The topological polar surface area (TPSA) is 313 Å². The van der Waals surface area contributed by atoms with Crippen LogP contribution >= 0.6 is 24.1 Å². The molecule has 0 saturated heterocycles. The van der Waals surface area contributed by atoms with Crippen LogP contribution in [-0.2, 0) is 64.7 Å². The van der Waals surface area contributed by atoms with Gasteiger partial charge in [-0.1, -0.05) is 30.0 Å². The number of anilines is 1. The third kappa shape index (κ3) is 11.9. The maximum absolute atomic E-state index is 13.7. The first-order valence-electron chi connectivity index (χ1n) is 17.5. The summed E-state index contributed by atoms with van der Waals surface area (Å²) in [6, 6.07) is 4.86. The predicted molar refractivity (Wildman–Crippen MR) is 213 cm³/mol. The summed E-state index contributed by atoms with van der Waals surface area (Å²) in [7, 11) is -14.0. The Bertz CT molecular complexity index is 2410. The molecule has 5 N–H and O–H groups in total. The number of allylic oxidation sites excluding steroid dienone is 4. The van der Waals surface area contributed by atoms with Crippen LogP contribution in [0.5, 0.6) is 0 Å². The highest BCUT2D eigenvalue weighted by molar-refractivity contribution is 7.94. The summed E-state index contributed by atoms with van der Waals surface area (Å²) >= 11 is 1.29. The third-order valence-corrected chi connectivity index (χ3v) is 13.1. The van der Waals surface area contributed by atoms with E-state index in [4.69, 9.17) is 15.3 Å². The minimum atomic E-state index is -4.93. The van der Waals surface area contributed by atoms with Crippen molar-refractivity contribution in [3.8, 4) is 0 Å². The maximum atomic E-state index is 13.7. The molecular formula is C34H42N2O19S5. The molecule has 2 aromatic carbocycles. The Kier molecular flexibility index (Phi) is 16.1. The number of carbonyl (C=O) groups is 2. The Balaban J connectivity index is 1.90. The quantitative estimate of drug-likeness (QED) is 0.0206. The zero-order chi connectivity index (χ0) is 44.8. The number of carboxylic acids is 1. The highest BCUT2D eigenvalue weighted by Crippen LogP contribution is 2.51. The van der Waals surface area contributed by atoms with Crippen molar-refractivity contribution in [3.05, 3.63) is 70.4 Å². The van der Waals surface area contributed by atoms with E-state index < -0.39 is 75.1 Å². The molecule has 0 aromatic heterocycles. The first-order valence-corrected chi connectivity index (χ1v) is 23.8. The molecule has 0 atom stereocenters. The van der Waals surface area contributed by atoms with Crippen LogP contribution in [0.15, 0.2) is 58.0 Å². The second-order valence-corrected chi connectivity index (χ2v) is 20.4. The lowest BCUT2D eigenvalue weighted by atomic mass is 9.78. The SMILES string of the molecule is CC1(C)C(/C=C/C=C2/N(CCCS(=O)(=O)O)c3cc(S(=O)(=O)O)cc(C(=O)O)c3C2(C)C)=[N+](CCCS(=O)(=O)[O-])c2cc(SOOO)cc(C(=O)OCCCSOOO)c21. The summed E-state index contributed by atoms with van der Waals surface area (Å²) in [4.78, 5) is 27.2. The van der Waals surface area contributed by atoms with E-state index in [2.05, 4.69) is 18.7 Å². The average Bonchev–Trinajstić information content (AvgIpc) is 3.48. The summed E-state index contributed by atoms with van der Waals surface area (Å²) in [6.07, 6.45) is 4.65. The van der Waals surface area contributed by atoms with Crippen molar-refractivity contribution in [1.82, 2.24) is 0 Å². The van der Waals surface area contributed by atoms with Gasteiger partial charge < -0.3 is 19.3 Å². The van der Waals surface area contributed by atoms with Gasteiger partial charge in [-0.2, -0.15) is 21.4 Å². The molecule has 2 aliphatic rings. The van der Waals surface area contributed by atoms with Crippen LogP contribution in [0.25, 0.3) is 0 Å². The van der Waals surface area contributed by atoms with Gasteiger partial charge in [0.05, 0.1) is 61.5 Å². The lowest BCUT2D eigenvalue weighted by Gasteiger charge is -2.27. The van der Waals surface area contributed by atoms with Crippen LogP contribution in [-0.4, -0.2) is 114 Å². The van der Waals surface area contributed by atoms with Crippen LogP contribution in [0.3, 0.4) is 0 Å². The number of hydrogen-bond donors (Lipinski definition) is 5. The Morgan fingerprint density at radius 2 is 1.57 bits per heavy atom. The summed E-state index contributed by atoms with van der Waals surface area (Å²) < 4.78 is 118. The fourth-order valence-corrected chi connectivity index (χ4v) is 9.53. The monoisotopic (exact) mass is 942 g/mol. The normalized spacial score (nSPS) is 16.8. The second kappa shape index (κ2) is 19.7. The minimum absolute atomic E-state index is 0.0410. The van der Waals surface area contributed by atoms with E-state index in [1.807, 2.05) is 0 Å². The lowest BCUT2D eigenvalue weighted by Crippen LogP contribution is -2.30. The van der Waals surface area contributed by atoms with Crippen LogP contribution < -0.4 is 4.90 Å². The van der Waals surface area contributed by atoms with Crippen molar-refractivity contribution >= 4 is 83.5 Å². The van der Waals surface area contributed by atoms with Gasteiger partial charge in [-0.05, 0) is 51.0 Å². The number of esters is 1. The van der Waals surface area contributed by atoms with Crippen molar-refractivity contribution in [2.45, 2.75) is 67.6 Å². The van der Waals surface area contributed by atoms with E-state index in [-0.39, 0.29) is 66.4 Å². The molecule has 332 valence electrons. The Labute approximate surface area is 354 Å². The van der Waals surface area contributed by atoms with Crippen LogP contribution in [0.4, 0.5) is 11.4 Å². The highest BCUT2D eigenvalue weighted by atomic mass is 32.2. The van der Waals surface area contributed by atoms with Gasteiger partial charge in [0.25, 0.3) is 20.2 Å². The Morgan fingerprint density at radius 3 is 2.17 bits per heavy atom. The molecule has 4 rings (SSSR count). The van der Waals surface area contributed by atoms with Crippen molar-refractivity contribution in [2.75, 3.05) is 41.9 Å². The van der Waals surface area contributed by atoms with Crippen molar-refractivity contribution in [3.63, 3.8) is 0 Å². The fraction of sp³-hybridized carbons (Fsp3) is 0.441. The second-order valence-electron chi connectivity index (χ2n) is 14.3. The molecular weight excluding hydrogens is 901 g/mol. The fourth-order valence-electron chi connectivity index (χ4n) is 7.24. The number of aromatic carboxylic acids is 1. The van der Waals surface area contributed by atoms with Gasteiger partial charge in [-0.15, -0.1) is 8.67 Å². The van der Waals surface area contributed by atoms with Gasteiger partial charge in [0.15, 0.2) is 5.71 Å². The molecule has 0 unspecified atom stereocenters. The molecule has 0 bridgehead atoms. The summed E-state index contributed by atoms with van der Waals surface area (Å²) in [6.45, 7) is 6.48. The molecule has 2 aromatic rings. The molecule has 2 heterocycles. The first kappa shape index (κ1) is 49.2. The van der Waals surface area contributed by atoms with E-state index in [0.717, 1.165) is 24.2 Å². The largest absolute Gasteiger partial charge is 0.748 e. The first-order chi connectivity index (χ1) is 27.8. The molecule has 26 heteroatoms. The molecule has 0 amide bonds. The molecule has 0 saturated carbocycles. The minimum Gasteiger partial charge on any atom is -0.748 e. The third-order valence-electron chi connectivity index (χ3n) is 9.54. The van der Waals surface area contributed by atoms with Gasteiger partial charge in [0.2, 0.25) is 5.69 Å². The molecule has 21 nitrogen and oxygen atoms in total. The molecule has 0 radical (unpaired) electrons. The zero-order valence-corrected chi connectivity index (χ0v) is 36.4. The summed E-state index contributed by atoms with van der Waals surface area (Å²) in [5.41, 5.74) is -0.945. The molecule has 0 aliphatic carbocycles. The number of fused-ring (bicyclic) bond motifs is 2. The van der Waals surface area contributed by atoms with Gasteiger partial charge >= 0.3 is 11.9 Å². The summed E-state index contributed by atoms with van der Waals surface area (Å²) in [5, 5.41) is 34.6. The van der Waals surface area contributed by atoms with E-state index >= 15 is 0 Å². The zero-order valence-electron chi connectivity index (χ0n) is 32.3. The van der Waals surface area contributed by atoms with E-state index in [1.54, 1.807) is 56.6 Å². The average molecular weight is 943 g/mol. The lowest BCUT2D eigenvalue weighted by molar-refractivity contribution is -0.437. The van der Waals surface area contributed by atoms with E-state index in [1.165, 1.54) is 11.0 Å². The smallest absolute Gasteiger partial charge is 0.338 e. The van der Waals surface area contributed by atoms with Gasteiger partial charge in [0, 0.05) is 75.9 Å². The van der Waals surface area contributed by atoms with Crippen molar-refractivity contribution < 1.29 is 92.2 Å². The van der Waals surface area contributed by atoms with E-state index in [9.17, 15) is 53.6 Å². The maximum Gasteiger partial charge on any atom is 0.338 e. The standard InChI is InChI=1S/C34H42N2O19S5/c1-33(2)27(36(12-7-16-59(45,46)47)26-20-22(60(48,49)50)19-23(29(26)33)31(37)38)9-5-10-28-34(3,4)30-24(32(39)51-13-8-14-56-54-52-40)17-21(57-55-53-41)18-25(30)35(28)11-6-15-58(42,43)44/h5,9-10,17-20H,6-8,11-16H2,1-4H3,(H5-,37,38,40,41,42,43,44,45,46,47,48,49,50). The van der Waals surface area contributed by atoms with Crippen LogP contribution in [0.1, 0.15) is 78.8 Å². The molecule has 0 spiro atoms. The Hall–Kier alpha value is -3.48. The van der Waals surface area contributed by atoms with Crippen LogP contribution in [0.2, 0.25) is 0 Å². The van der Waals surface area contributed by atoms with E-state index in [0.29, 0.717) is 34.7 Å². The highest BCUT2D eigenvalue weighted by Gasteiger charge is 2.48. The van der Waals surface area contributed by atoms with Crippen LogP contribution in [0, 0.1) is 0 Å². The van der Waals surface area contributed by atoms with Crippen molar-refractivity contribution in [1.29, 1.82) is 0 Å². The number of carbonyl (C=O) groups excluding carboxylic acids is 1. The number of rotatable bonds is 22. The van der Waals surface area contributed by atoms with Gasteiger partial charge in [-0.3, -0.25) is 9.11 Å². The number of ether oxygens (including phenoxy) is 1. The van der Waals surface area contributed by atoms with Gasteiger partial charge in [0.1, 0.15) is 6.54 Å². The number of nitrogens with zero attached hydrogens (tertiary/aromatic N) is 2. The number of benzene rings is 2. The Morgan fingerprint density at radius 1 is 0.883 bits per heavy atom. The van der Waals surface area contributed by atoms with Crippen molar-refractivity contribution in [2.24, 2.45) is 0 Å². The molecule has 2 aliphatic heterocycles. The van der Waals surface area contributed by atoms with Gasteiger partial charge in [-0.25, -0.2) is 28.5 Å². The predicted octanol–water partition coefficient (Wildman–Crippen LogP) is 4.50. The molecule has 0 fully saturated rings. The number of carboxylic acid groups (broad SMARTS) is 1.